The molecule has 2 aliphatic rings. The Morgan fingerprint density at radius 3 is 2.49 bits per heavy atom. The normalized spacial score (nSPS) is 18.0. The summed E-state index contributed by atoms with van der Waals surface area (Å²) in [4.78, 5) is 26.3. The standard InChI is InChI=1S/C32H43F2N3O4/c1-31(2,30(36)40)17-25(38)7-9-28(39)26-8-5-23(16-27(26)33)22-6-10-29(24(15-22)18-35)41-19-21-11-13-37(14-12-21)20-32(3,4)34/h5,8,15-16,21,25,38H,6-7,9-14,17,19-20H2,1-4H3,(H2,36,40)/t25-/m0/s1. The molecule has 1 fully saturated rings. The van der Waals surface area contributed by atoms with Gasteiger partial charge in [-0.3, -0.25) is 9.59 Å². The number of allylic oxidation sites excluding steroid dienone is 4. The smallest absolute Gasteiger partial charge is 0.223 e. The molecule has 7 nitrogen and oxygen atoms in total. The van der Waals surface area contributed by atoms with Crippen molar-refractivity contribution >= 4 is 17.3 Å². The predicted molar refractivity (Wildman–Crippen MR) is 154 cm³/mol. The van der Waals surface area contributed by atoms with Crippen LogP contribution in [0.4, 0.5) is 8.78 Å². The minimum Gasteiger partial charge on any atom is -0.496 e. The number of ketones is 1. The number of carbonyl (C=O) groups is 2. The van der Waals surface area contributed by atoms with E-state index in [9.17, 15) is 28.7 Å². The molecule has 3 rings (SSSR count). The summed E-state index contributed by atoms with van der Waals surface area (Å²) in [7, 11) is 0. The van der Waals surface area contributed by atoms with Crippen LogP contribution in [0.3, 0.4) is 0 Å². The number of aliphatic hydroxyl groups excluding tert-OH is 1. The average Bonchev–Trinajstić information content (AvgIpc) is 2.90. The van der Waals surface area contributed by atoms with E-state index < -0.39 is 34.7 Å². The Balaban J connectivity index is 1.57. The molecule has 0 unspecified atom stereocenters. The van der Waals surface area contributed by atoms with Crippen LogP contribution in [0.25, 0.3) is 5.57 Å². The molecule has 1 aromatic rings. The Bertz CT molecular complexity index is 1220. The maximum Gasteiger partial charge on any atom is 0.223 e. The summed E-state index contributed by atoms with van der Waals surface area (Å²) in [5.41, 5.74) is 4.96. The highest BCUT2D eigenvalue weighted by molar-refractivity contribution is 5.96. The predicted octanol–water partition coefficient (Wildman–Crippen LogP) is 5.48. The van der Waals surface area contributed by atoms with Crippen molar-refractivity contribution in [2.24, 2.45) is 17.1 Å². The first-order chi connectivity index (χ1) is 19.2. The zero-order chi connectivity index (χ0) is 30.4. The summed E-state index contributed by atoms with van der Waals surface area (Å²) in [5.74, 6) is -0.649. The summed E-state index contributed by atoms with van der Waals surface area (Å²) >= 11 is 0. The number of rotatable bonds is 13. The lowest BCUT2D eigenvalue weighted by Gasteiger charge is -2.34. The van der Waals surface area contributed by atoms with Crippen LogP contribution >= 0.6 is 0 Å². The summed E-state index contributed by atoms with van der Waals surface area (Å²) < 4.78 is 35.0. The molecule has 3 N–H and O–H groups in total. The Morgan fingerprint density at radius 1 is 1.22 bits per heavy atom. The largest absolute Gasteiger partial charge is 0.496 e. The first-order valence-corrected chi connectivity index (χ1v) is 14.4. The van der Waals surface area contributed by atoms with Crippen LogP contribution in [0.2, 0.25) is 0 Å². The van der Waals surface area contributed by atoms with E-state index in [0.717, 1.165) is 31.5 Å². The number of benzene rings is 1. The number of nitrogens with two attached hydrogens (primary N) is 1. The first kappa shape index (κ1) is 32.4. The molecule has 0 saturated carbocycles. The highest BCUT2D eigenvalue weighted by atomic mass is 19.1. The van der Waals surface area contributed by atoms with Crippen LogP contribution in [0.1, 0.15) is 88.6 Å². The highest BCUT2D eigenvalue weighted by Crippen LogP contribution is 2.33. The molecule has 0 bridgehead atoms. The monoisotopic (exact) mass is 571 g/mol. The van der Waals surface area contributed by atoms with E-state index in [-0.39, 0.29) is 24.8 Å². The molecule has 0 radical (unpaired) electrons. The summed E-state index contributed by atoms with van der Waals surface area (Å²) in [5, 5.41) is 20.0. The number of nitrogens with zero attached hydrogens (tertiary/aromatic N) is 2. The summed E-state index contributed by atoms with van der Waals surface area (Å²) in [6, 6.07) is 6.61. The first-order valence-electron chi connectivity index (χ1n) is 14.4. The number of aliphatic hydroxyl groups is 1. The SMILES string of the molecule is CC(C)(F)CN1CCC(COC2=C(C#N)C=C(c3ccc(C(=O)CC[C@H](O)CC(C)(C)C(N)=O)c(F)c3)CC2)CC1. The molecule has 1 heterocycles. The van der Waals surface area contributed by atoms with Gasteiger partial charge in [-0.05, 0) is 94.3 Å². The number of piperidine rings is 1. The molecule has 41 heavy (non-hydrogen) atoms. The number of halogens is 2. The van der Waals surface area contributed by atoms with E-state index in [1.807, 2.05) is 0 Å². The number of nitriles is 1. The molecule has 1 aliphatic carbocycles. The van der Waals surface area contributed by atoms with Gasteiger partial charge < -0.3 is 20.5 Å². The van der Waals surface area contributed by atoms with Gasteiger partial charge in [0.2, 0.25) is 5.91 Å². The number of likely N-dealkylation sites (tertiary alicyclic amines) is 1. The van der Waals surface area contributed by atoms with Gasteiger partial charge in [0.1, 0.15) is 23.3 Å². The molecule has 1 saturated heterocycles. The third-order valence-electron chi connectivity index (χ3n) is 7.92. The Hall–Kier alpha value is -3.09. The molecule has 9 heteroatoms. The van der Waals surface area contributed by atoms with Crippen molar-refractivity contribution in [1.82, 2.24) is 4.90 Å². The fourth-order valence-corrected chi connectivity index (χ4v) is 5.41. The number of ether oxygens (including phenoxy) is 1. The molecule has 1 atom stereocenters. The van der Waals surface area contributed by atoms with Crippen molar-refractivity contribution in [3.8, 4) is 6.07 Å². The molecule has 1 aromatic carbocycles. The van der Waals surface area contributed by atoms with Crippen molar-refractivity contribution in [3.63, 3.8) is 0 Å². The van der Waals surface area contributed by atoms with Gasteiger partial charge in [0.15, 0.2) is 5.78 Å². The maximum atomic E-state index is 15.0. The number of alkyl halides is 1. The van der Waals surface area contributed by atoms with E-state index in [1.54, 1.807) is 39.8 Å². The molecule has 1 amide bonds. The fourth-order valence-electron chi connectivity index (χ4n) is 5.41. The van der Waals surface area contributed by atoms with E-state index in [2.05, 4.69) is 11.0 Å². The summed E-state index contributed by atoms with van der Waals surface area (Å²) in [6.45, 7) is 9.03. The minimum atomic E-state index is -1.21. The minimum absolute atomic E-state index is 0.0623. The van der Waals surface area contributed by atoms with E-state index in [0.29, 0.717) is 48.8 Å². The Kier molecular flexibility index (Phi) is 10.8. The molecule has 1 aliphatic heterocycles. The second-order valence-electron chi connectivity index (χ2n) is 12.6. The second-order valence-corrected chi connectivity index (χ2v) is 12.6. The number of hydrogen-bond acceptors (Lipinski definition) is 6. The van der Waals surface area contributed by atoms with Crippen LogP contribution in [0.5, 0.6) is 0 Å². The van der Waals surface area contributed by atoms with Crippen LogP contribution in [-0.4, -0.2) is 59.7 Å². The zero-order valence-electron chi connectivity index (χ0n) is 24.6. The van der Waals surface area contributed by atoms with Gasteiger partial charge in [-0.15, -0.1) is 0 Å². The number of amides is 1. The van der Waals surface area contributed by atoms with Crippen LogP contribution in [0.15, 0.2) is 35.6 Å². The van der Waals surface area contributed by atoms with E-state index in [1.165, 1.54) is 12.1 Å². The molecule has 0 spiro atoms. The lowest BCUT2D eigenvalue weighted by molar-refractivity contribution is -0.127. The molecular formula is C32H43F2N3O4. The number of carbonyl (C=O) groups excluding carboxylic acids is 2. The van der Waals surface area contributed by atoms with Gasteiger partial charge in [0.25, 0.3) is 0 Å². The lowest BCUT2D eigenvalue weighted by atomic mass is 9.84. The van der Waals surface area contributed by atoms with Gasteiger partial charge in [-0.1, -0.05) is 19.9 Å². The van der Waals surface area contributed by atoms with E-state index in [4.69, 9.17) is 10.5 Å². The van der Waals surface area contributed by atoms with Gasteiger partial charge in [0.05, 0.1) is 23.8 Å². The van der Waals surface area contributed by atoms with Crippen molar-refractivity contribution in [2.75, 3.05) is 26.2 Å². The van der Waals surface area contributed by atoms with E-state index >= 15 is 0 Å². The topological polar surface area (TPSA) is 117 Å². The lowest BCUT2D eigenvalue weighted by Crippen LogP contribution is -2.41. The van der Waals surface area contributed by atoms with Crippen molar-refractivity contribution in [2.45, 2.75) is 84.4 Å². The summed E-state index contributed by atoms with van der Waals surface area (Å²) in [6.07, 6.45) is 3.87. The Labute approximate surface area is 242 Å². The quantitative estimate of drug-likeness (QED) is 0.303. The van der Waals surface area contributed by atoms with Crippen LogP contribution in [0, 0.1) is 28.5 Å². The third-order valence-corrected chi connectivity index (χ3v) is 7.92. The van der Waals surface area contributed by atoms with Gasteiger partial charge in [-0.2, -0.15) is 5.26 Å². The van der Waals surface area contributed by atoms with Crippen molar-refractivity contribution in [1.29, 1.82) is 5.26 Å². The fraction of sp³-hybridized carbons (Fsp3) is 0.594. The highest BCUT2D eigenvalue weighted by Gasteiger charge is 2.29. The van der Waals surface area contributed by atoms with Gasteiger partial charge in [0, 0.05) is 24.8 Å². The van der Waals surface area contributed by atoms with Crippen molar-refractivity contribution < 1.29 is 28.2 Å². The molecule has 0 aromatic heterocycles. The number of hydrogen-bond donors (Lipinski definition) is 2. The molecular weight excluding hydrogens is 528 g/mol. The number of Topliss-reactive ketones (excluding diaryl/α,β-unsaturated/α-hetero) is 1. The number of primary amides is 1. The second kappa shape index (κ2) is 13.7. The molecule has 224 valence electrons. The Morgan fingerprint density at radius 2 is 1.90 bits per heavy atom. The van der Waals surface area contributed by atoms with Crippen LogP contribution in [-0.2, 0) is 9.53 Å². The van der Waals surface area contributed by atoms with Gasteiger partial charge >= 0.3 is 0 Å². The average molecular weight is 572 g/mol. The third kappa shape index (κ3) is 9.47. The van der Waals surface area contributed by atoms with Crippen LogP contribution < -0.4 is 5.73 Å². The zero-order valence-corrected chi connectivity index (χ0v) is 24.6. The maximum absolute atomic E-state index is 15.0. The van der Waals surface area contributed by atoms with Gasteiger partial charge in [-0.25, -0.2) is 8.78 Å². The van der Waals surface area contributed by atoms with Crippen molar-refractivity contribution in [3.05, 3.63) is 52.6 Å².